The van der Waals surface area contributed by atoms with Gasteiger partial charge in [-0.15, -0.1) is 6.58 Å². The van der Waals surface area contributed by atoms with Crippen molar-refractivity contribution in [1.82, 2.24) is 19.2 Å². The molecule has 2 atom stereocenters. The van der Waals surface area contributed by atoms with E-state index in [1.807, 2.05) is 69.2 Å². The molecule has 5 rings (SSSR count). The van der Waals surface area contributed by atoms with Crippen LogP contribution in [0.2, 0.25) is 0 Å². The van der Waals surface area contributed by atoms with Gasteiger partial charge >= 0.3 is 6.09 Å². The molecule has 0 saturated carbocycles. The summed E-state index contributed by atoms with van der Waals surface area (Å²) < 4.78 is 57.4. The average Bonchev–Trinajstić information content (AvgIpc) is 3.59. The standard InChI is InChI=1S/C26H30FN5O5S2.C3H6.3C2H6.H2/c1-26(2,3)37-25(33)31-11-12-32(22(15-31)17-4-6-18(27)7-5-17)21-10-13-36-23-14-19(8-9-20(21)23)39(34,35)30-24-28-16-29-38-24;1-3-2;3*1-2;/h4-9,14,16,21-22H,10-13,15H2,1-3H3,(H,28,29,30);3H,1H2,2H3;3*1-2H3;1H/t21-,22+;;;;;/m1...../s1. The minimum absolute atomic E-state index is 0. The largest absolute Gasteiger partial charge is 0.493 e. The summed E-state index contributed by atoms with van der Waals surface area (Å²) in [6.07, 6.45) is 3.31. The number of carbonyl (C=O) groups excluding carboxylic acids is 1. The van der Waals surface area contributed by atoms with Crippen molar-refractivity contribution in [1.29, 1.82) is 0 Å². The maximum absolute atomic E-state index is 13.8. The number of allylic oxidation sites excluding steroid dienone is 1. The lowest BCUT2D eigenvalue weighted by molar-refractivity contribution is -0.0104. The number of piperazine rings is 1. The molecule has 2 aromatic carbocycles. The van der Waals surface area contributed by atoms with Gasteiger partial charge in [-0.25, -0.2) is 22.6 Å². The van der Waals surface area contributed by atoms with Crippen LogP contribution in [0.3, 0.4) is 0 Å². The molecule has 0 spiro atoms. The Labute approximate surface area is 293 Å². The molecule has 13 heteroatoms. The number of sulfonamides is 1. The zero-order valence-corrected chi connectivity index (χ0v) is 31.8. The number of ether oxygens (including phenoxy) is 2. The molecule has 1 amide bonds. The Kier molecular flexibility index (Phi) is 18.3. The third-order valence-corrected chi connectivity index (χ3v) is 8.66. The summed E-state index contributed by atoms with van der Waals surface area (Å²) in [5.41, 5.74) is 1.11. The van der Waals surface area contributed by atoms with Crippen LogP contribution in [0.15, 0.2) is 66.3 Å². The summed E-state index contributed by atoms with van der Waals surface area (Å²) in [5.74, 6) is 0.149. The highest BCUT2D eigenvalue weighted by molar-refractivity contribution is 7.93. The maximum Gasteiger partial charge on any atom is 0.410 e. The molecule has 0 bridgehead atoms. The van der Waals surface area contributed by atoms with Gasteiger partial charge in [-0.2, -0.15) is 4.37 Å². The van der Waals surface area contributed by atoms with Crippen LogP contribution in [0.4, 0.5) is 14.3 Å². The second-order valence-electron chi connectivity index (χ2n) is 10.8. The number of anilines is 1. The molecule has 1 aromatic heterocycles. The first-order valence-corrected chi connectivity index (χ1v) is 18.8. The Hall–Kier alpha value is -3.55. The van der Waals surface area contributed by atoms with E-state index in [2.05, 4.69) is 25.6 Å². The van der Waals surface area contributed by atoms with Crippen LogP contribution in [0.5, 0.6) is 5.75 Å². The lowest BCUT2D eigenvalue weighted by Crippen LogP contribution is -2.52. The Morgan fingerprint density at radius 1 is 1.08 bits per heavy atom. The number of nitrogens with one attached hydrogen (secondary N) is 1. The fraction of sp³-hybridized carbons (Fsp3) is 0.514. The molecule has 2 aliphatic heterocycles. The SMILES string of the molecule is C=CC.CC.CC.CC.CC(C)(C)OC(=O)N1CCN([C@@H]2CCOc3cc(S(=O)(=O)Nc4ncns4)ccc32)[C@H](c2ccc(F)cc2)C1.[HH]. The van der Waals surface area contributed by atoms with Gasteiger partial charge in [-0.05, 0) is 51.5 Å². The van der Waals surface area contributed by atoms with Crippen LogP contribution in [-0.2, 0) is 14.8 Å². The number of benzene rings is 2. The van der Waals surface area contributed by atoms with Crippen molar-refractivity contribution in [2.45, 2.75) is 98.2 Å². The molecule has 3 aromatic rings. The van der Waals surface area contributed by atoms with Crippen LogP contribution in [-0.4, -0.2) is 65.5 Å². The van der Waals surface area contributed by atoms with Crippen molar-refractivity contribution >= 4 is 32.8 Å². The van der Waals surface area contributed by atoms with E-state index in [4.69, 9.17) is 9.47 Å². The maximum atomic E-state index is 13.8. The molecule has 1 N–H and O–H groups in total. The zero-order chi connectivity index (χ0) is 36.5. The molecule has 0 unspecified atom stereocenters. The summed E-state index contributed by atoms with van der Waals surface area (Å²) in [4.78, 5) is 20.8. The summed E-state index contributed by atoms with van der Waals surface area (Å²) in [6, 6.07) is 10.8. The van der Waals surface area contributed by atoms with Crippen LogP contribution in [0.1, 0.15) is 100 Å². The number of halogens is 1. The normalized spacial score (nSPS) is 17.0. The van der Waals surface area contributed by atoms with Crippen LogP contribution in [0, 0.1) is 5.82 Å². The van der Waals surface area contributed by atoms with E-state index in [9.17, 15) is 17.6 Å². The minimum atomic E-state index is -3.88. The second-order valence-corrected chi connectivity index (χ2v) is 13.3. The van der Waals surface area contributed by atoms with E-state index in [-0.39, 0.29) is 35.4 Å². The predicted molar refractivity (Wildman–Crippen MR) is 196 cm³/mol. The number of amides is 1. The topological polar surface area (TPSA) is 114 Å². The highest BCUT2D eigenvalue weighted by Crippen LogP contribution is 2.42. The number of aromatic nitrogens is 2. The Morgan fingerprint density at radius 2 is 1.71 bits per heavy atom. The lowest BCUT2D eigenvalue weighted by atomic mass is 9.93. The highest BCUT2D eigenvalue weighted by Gasteiger charge is 2.39. The number of fused-ring (bicyclic) bond motifs is 1. The fourth-order valence-electron chi connectivity index (χ4n) is 4.90. The number of rotatable bonds is 5. The first-order chi connectivity index (χ1) is 22.9. The van der Waals surface area contributed by atoms with Crippen molar-refractivity contribution in [3.8, 4) is 5.75 Å². The van der Waals surface area contributed by atoms with Gasteiger partial charge in [0, 0.05) is 56.7 Å². The lowest BCUT2D eigenvalue weighted by Gasteiger charge is -2.46. The highest BCUT2D eigenvalue weighted by atomic mass is 32.2. The second kappa shape index (κ2) is 20.7. The smallest absolute Gasteiger partial charge is 0.410 e. The zero-order valence-electron chi connectivity index (χ0n) is 30.1. The quantitative estimate of drug-likeness (QED) is 0.261. The van der Waals surface area contributed by atoms with Crippen molar-refractivity contribution in [2.75, 3.05) is 31.0 Å². The Morgan fingerprint density at radius 3 is 2.27 bits per heavy atom. The number of hydrogen-bond donors (Lipinski definition) is 1. The van der Waals surface area contributed by atoms with E-state index >= 15 is 0 Å². The van der Waals surface area contributed by atoms with Gasteiger partial charge in [0.25, 0.3) is 10.0 Å². The first-order valence-electron chi connectivity index (χ1n) is 16.5. The molecule has 1 saturated heterocycles. The van der Waals surface area contributed by atoms with Crippen molar-refractivity contribution in [3.63, 3.8) is 0 Å². The fourth-order valence-corrected chi connectivity index (χ4v) is 6.58. The van der Waals surface area contributed by atoms with Crippen LogP contribution >= 0.6 is 11.5 Å². The Balaban J connectivity index is 0.00000212. The van der Waals surface area contributed by atoms with E-state index in [1.165, 1.54) is 24.5 Å². The molecular formula is C35H56FN5O5S2. The molecule has 0 radical (unpaired) electrons. The van der Waals surface area contributed by atoms with Gasteiger partial charge in [0.05, 0.1) is 17.5 Å². The molecule has 1 fully saturated rings. The number of hydrogen-bond acceptors (Lipinski definition) is 9. The van der Waals surface area contributed by atoms with Gasteiger partial charge in [0.15, 0.2) is 0 Å². The van der Waals surface area contributed by atoms with Crippen molar-refractivity contribution < 1.29 is 28.5 Å². The van der Waals surface area contributed by atoms with Crippen molar-refractivity contribution in [2.24, 2.45) is 0 Å². The van der Waals surface area contributed by atoms with Gasteiger partial charge < -0.3 is 14.4 Å². The summed E-state index contributed by atoms with van der Waals surface area (Å²) in [7, 11) is -3.88. The molecule has 10 nitrogen and oxygen atoms in total. The van der Waals surface area contributed by atoms with Gasteiger partial charge in [0.2, 0.25) is 5.13 Å². The van der Waals surface area contributed by atoms with Crippen LogP contribution in [0.25, 0.3) is 0 Å². The minimum Gasteiger partial charge on any atom is -0.493 e. The van der Waals surface area contributed by atoms with Gasteiger partial charge in [0.1, 0.15) is 23.5 Å². The van der Waals surface area contributed by atoms with E-state index in [1.54, 1.807) is 35.2 Å². The van der Waals surface area contributed by atoms with E-state index < -0.39 is 15.6 Å². The summed E-state index contributed by atoms with van der Waals surface area (Å²) >= 11 is 0.947. The average molecular weight is 710 g/mol. The molecule has 0 aliphatic carbocycles. The molecule has 3 heterocycles. The number of nitrogens with zero attached hydrogens (tertiary/aromatic N) is 4. The monoisotopic (exact) mass is 709 g/mol. The Bertz CT molecular complexity index is 1490. The summed E-state index contributed by atoms with van der Waals surface area (Å²) in [6.45, 7) is 24.5. The molecule has 48 heavy (non-hydrogen) atoms. The number of carbonyl (C=O) groups is 1. The van der Waals surface area contributed by atoms with Crippen molar-refractivity contribution in [3.05, 3.63) is 78.4 Å². The first kappa shape index (κ1) is 42.5. The molecular weight excluding hydrogens is 654 g/mol. The molecule has 2 aliphatic rings. The predicted octanol–water partition coefficient (Wildman–Crippen LogP) is 9.11. The summed E-state index contributed by atoms with van der Waals surface area (Å²) in [5, 5.41) is 0.177. The third-order valence-electron chi connectivity index (χ3n) is 6.61. The van der Waals surface area contributed by atoms with E-state index in [0.29, 0.717) is 38.4 Å². The van der Waals surface area contributed by atoms with E-state index in [0.717, 1.165) is 22.7 Å². The third kappa shape index (κ3) is 12.2. The van der Waals surface area contributed by atoms with Gasteiger partial charge in [-0.1, -0.05) is 65.8 Å². The van der Waals surface area contributed by atoms with Gasteiger partial charge in [-0.3, -0.25) is 9.62 Å². The molecule has 270 valence electrons. The van der Waals surface area contributed by atoms with Crippen LogP contribution < -0.4 is 9.46 Å².